The Hall–Kier alpha value is -1.28. The number of hydrogen-bond donors (Lipinski definition) is 2. The van der Waals surface area contributed by atoms with Gasteiger partial charge in [-0.05, 0) is 55.7 Å². The van der Waals surface area contributed by atoms with Gasteiger partial charge in [0.1, 0.15) is 0 Å². The van der Waals surface area contributed by atoms with Gasteiger partial charge >= 0.3 is 0 Å². The zero-order valence-corrected chi connectivity index (χ0v) is 10.4. The van der Waals surface area contributed by atoms with Gasteiger partial charge in [-0.15, -0.1) is 0 Å². The Labute approximate surface area is 102 Å². The monoisotopic (exact) mass is 228 g/mol. The number of nitrogens with one attached hydrogen (secondary N) is 1. The minimum absolute atomic E-state index is 0.227. The Morgan fingerprint density at radius 1 is 1.29 bits per heavy atom. The third-order valence-electron chi connectivity index (χ3n) is 3.81. The number of fused-ring (bicyclic) bond motifs is 3. The van der Waals surface area contributed by atoms with Crippen LogP contribution < -0.4 is 5.73 Å². The fourth-order valence-corrected chi connectivity index (χ4v) is 3.01. The zero-order valence-electron chi connectivity index (χ0n) is 10.4. The van der Waals surface area contributed by atoms with Crippen LogP contribution in [0.4, 0.5) is 0 Å². The molecule has 0 bridgehead atoms. The second-order valence-corrected chi connectivity index (χ2v) is 5.33. The van der Waals surface area contributed by atoms with Gasteiger partial charge in [-0.3, -0.25) is 0 Å². The van der Waals surface area contributed by atoms with E-state index >= 15 is 0 Å². The fourth-order valence-electron chi connectivity index (χ4n) is 3.01. The predicted octanol–water partition coefficient (Wildman–Crippen LogP) is 2.94. The van der Waals surface area contributed by atoms with E-state index in [0.29, 0.717) is 0 Å². The highest BCUT2D eigenvalue weighted by Gasteiger charge is 2.15. The number of aromatic amines is 1. The first-order valence-electron chi connectivity index (χ1n) is 6.62. The molecule has 1 atom stereocenters. The maximum absolute atomic E-state index is 5.90. The summed E-state index contributed by atoms with van der Waals surface area (Å²) in [5, 5.41) is 1.38. The van der Waals surface area contributed by atoms with Gasteiger partial charge in [-0.1, -0.05) is 12.1 Å². The summed E-state index contributed by atoms with van der Waals surface area (Å²) in [6.45, 7) is 2.07. The Balaban J connectivity index is 2.12. The number of benzene rings is 1. The average Bonchev–Trinajstić information content (AvgIpc) is 2.72. The van der Waals surface area contributed by atoms with Crippen molar-refractivity contribution in [3.8, 4) is 0 Å². The van der Waals surface area contributed by atoms with Gasteiger partial charge in [0, 0.05) is 23.1 Å². The number of nitrogens with two attached hydrogens (primary N) is 1. The summed E-state index contributed by atoms with van der Waals surface area (Å²) in [6.07, 6.45) is 8.24. The van der Waals surface area contributed by atoms with Gasteiger partial charge in [0.15, 0.2) is 0 Å². The van der Waals surface area contributed by atoms with Crippen molar-refractivity contribution in [3.05, 3.63) is 35.0 Å². The number of aryl methyl sites for hydroxylation is 2. The summed E-state index contributed by atoms with van der Waals surface area (Å²) in [5.74, 6) is 0. The van der Waals surface area contributed by atoms with Crippen LogP contribution in [0, 0.1) is 0 Å². The quantitative estimate of drug-likeness (QED) is 0.815. The molecule has 2 nitrogen and oxygen atoms in total. The van der Waals surface area contributed by atoms with E-state index in [0.717, 1.165) is 6.42 Å². The van der Waals surface area contributed by atoms with Crippen molar-refractivity contribution in [2.45, 2.75) is 45.1 Å². The maximum Gasteiger partial charge on any atom is 0.0492 e. The molecule has 1 aromatic heterocycles. The molecular weight excluding hydrogens is 208 g/mol. The lowest BCUT2D eigenvalue weighted by Gasteiger charge is -2.16. The van der Waals surface area contributed by atoms with Crippen molar-refractivity contribution in [1.29, 1.82) is 0 Å². The Kier molecular flexibility index (Phi) is 2.67. The Bertz CT molecular complexity index is 537. The molecule has 3 N–H and O–H groups in total. The van der Waals surface area contributed by atoms with E-state index in [1.165, 1.54) is 47.7 Å². The number of hydrogen-bond acceptors (Lipinski definition) is 1. The lowest BCUT2D eigenvalue weighted by Crippen LogP contribution is -2.17. The first-order valence-corrected chi connectivity index (χ1v) is 6.62. The Morgan fingerprint density at radius 3 is 2.94 bits per heavy atom. The molecule has 3 rings (SSSR count). The fraction of sp³-hybridized carbons (Fsp3) is 0.467. The third kappa shape index (κ3) is 1.87. The number of H-pyrrole nitrogens is 1. The molecule has 17 heavy (non-hydrogen) atoms. The van der Waals surface area contributed by atoms with Gasteiger partial charge in [-0.2, -0.15) is 0 Å². The summed E-state index contributed by atoms with van der Waals surface area (Å²) in [4.78, 5) is 3.47. The molecule has 0 fully saturated rings. The first-order chi connectivity index (χ1) is 8.25. The lowest BCUT2D eigenvalue weighted by atomic mass is 9.89. The van der Waals surface area contributed by atoms with E-state index in [9.17, 15) is 0 Å². The molecule has 0 amide bonds. The standard InChI is InChI=1S/C15H20N2/c1-10(16)8-12-9-17-15-13-5-3-2-4-11(13)6-7-14(12)15/h6-7,9-10,17H,2-5,8,16H2,1H3/t10-/m1/s1. The average molecular weight is 228 g/mol. The Morgan fingerprint density at radius 2 is 2.12 bits per heavy atom. The minimum atomic E-state index is 0.227. The van der Waals surface area contributed by atoms with Crippen molar-refractivity contribution in [2.24, 2.45) is 5.73 Å². The molecule has 0 radical (unpaired) electrons. The van der Waals surface area contributed by atoms with E-state index in [-0.39, 0.29) is 6.04 Å². The van der Waals surface area contributed by atoms with Gasteiger partial charge in [0.25, 0.3) is 0 Å². The maximum atomic E-state index is 5.90. The zero-order chi connectivity index (χ0) is 11.8. The van der Waals surface area contributed by atoms with Crippen LogP contribution in [0.25, 0.3) is 10.9 Å². The van der Waals surface area contributed by atoms with E-state index in [2.05, 4.69) is 30.2 Å². The van der Waals surface area contributed by atoms with Crippen LogP contribution in [0.15, 0.2) is 18.3 Å². The highest BCUT2D eigenvalue weighted by molar-refractivity contribution is 5.87. The minimum Gasteiger partial charge on any atom is -0.361 e. The summed E-state index contributed by atoms with van der Waals surface area (Å²) >= 11 is 0. The normalized spacial score (nSPS) is 17.1. The molecule has 1 aliphatic rings. The molecule has 2 aromatic rings. The van der Waals surface area contributed by atoms with E-state index < -0.39 is 0 Å². The van der Waals surface area contributed by atoms with Crippen LogP contribution >= 0.6 is 0 Å². The second kappa shape index (κ2) is 4.19. The molecule has 2 heteroatoms. The molecule has 1 heterocycles. The summed E-state index contributed by atoms with van der Waals surface area (Å²) < 4.78 is 0. The van der Waals surface area contributed by atoms with Crippen molar-refractivity contribution in [1.82, 2.24) is 4.98 Å². The largest absolute Gasteiger partial charge is 0.361 e. The van der Waals surface area contributed by atoms with Crippen LogP contribution in [0.1, 0.15) is 36.5 Å². The molecular formula is C15H20N2. The van der Waals surface area contributed by atoms with Crippen molar-refractivity contribution in [3.63, 3.8) is 0 Å². The SMILES string of the molecule is C[C@@H](N)Cc1c[nH]c2c3c(ccc12)CCCC3. The topological polar surface area (TPSA) is 41.8 Å². The number of aromatic nitrogens is 1. The summed E-state index contributed by atoms with van der Waals surface area (Å²) in [5.41, 5.74) is 11.7. The molecule has 0 unspecified atom stereocenters. The number of rotatable bonds is 2. The summed E-state index contributed by atoms with van der Waals surface area (Å²) in [7, 11) is 0. The van der Waals surface area contributed by atoms with Crippen molar-refractivity contribution < 1.29 is 0 Å². The van der Waals surface area contributed by atoms with Crippen LogP contribution in [0.3, 0.4) is 0 Å². The van der Waals surface area contributed by atoms with E-state index in [1.54, 1.807) is 5.56 Å². The molecule has 90 valence electrons. The van der Waals surface area contributed by atoms with Crippen LogP contribution in [-0.2, 0) is 19.3 Å². The predicted molar refractivity (Wildman–Crippen MR) is 72.3 cm³/mol. The molecule has 0 aliphatic heterocycles. The smallest absolute Gasteiger partial charge is 0.0492 e. The van der Waals surface area contributed by atoms with Crippen molar-refractivity contribution >= 4 is 10.9 Å². The van der Waals surface area contributed by atoms with Crippen LogP contribution in [0.5, 0.6) is 0 Å². The molecule has 1 aromatic carbocycles. The van der Waals surface area contributed by atoms with Gasteiger partial charge < -0.3 is 10.7 Å². The molecule has 1 aliphatic carbocycles. The van der Waals surface area contributed by atoms with Gasteiger partial charge in [-0.25, -0.2) is 0 Å². The second-order valence-electron chi connectivity index (χ2n) is 5.33. The van der Waals surface area contributed by atoms with Gasteiger partial charge in [0.05, 0.1) is 0 Å². The lowest BCUT2D eigenvalue weighted by molar-refractivity contribution is 0.689. The van der Waals surface area contributed by atoms with E-state index in [4.69, 9.17) is 5.73 Å². The van der Waals surface area contributed by atoms with Crippen LogP contribution in [0.2, 0.25) is 0 Å². The summed E-state index contributed by atoms with van der Waals surface area (Å²) in [6, 6.07) is 4.81. The van der Waals surface area contributed by atoms with Crippen molar-refractivity contribution in [2.75, 3.05) is 0 Å². The molecule has 0 saturated carbocycles. The molecule has 0 spiro atoms. The van der Waals surface area contributed by atoms with Crippen LogP contribution in [-0.4, -0.2) is 11.0 Å². The highest BCUT2D eigenvalue weighted by atomic mass is 14.7. The van der Waals surface area contributed by atoms with E-state index in [1.807, 2.05) is 0 Å². The third-order valence-corrected chi connectivity index (χ3v) is 3.81. The first kappa shape index (κ1) is 10.8. The highest BCUT2D eigenvalue weighted by Crippen LogP contribution is 2.30. The molecule has 0 saturated heterocycles. The van der Waals surface area contributed by atoms with Gasteiger partial charge in [0.2, 0.25) is 0 Å².